The zero-order valence-electron chi connectivity index (χ0n) is 10.3. The van der Waals surface area contributed by atoms with Crippen LogP contribution in [0.3, 0.4) is 0 Å². The maximum atomic E-state index is 11.2. The van der Waals surface area contributed by atoms with E-state index in [0.29, 0.717) is 24.8 Å². The predicted molar refractivity (Wildman–Crippen MR) is 63.8 cm³/mol. The minimum atomic E-state index is -0.271. The van der Waals surface area contributed by atoms with Gasteiger partial charge in [0.05, 0.1) is 5.60 Å². The fraction of sp³-hybridized carbons (Fsp3) is 0.636. The minimum Gasteiger partial charge on any atom is -0.374 e. The van der Waals surface area contributed by atoms with E-state index < -0.39 is 0 Å². The van der Waals surface area contributed by atoms with Crippen molar-refractivity contribution in [2.75, 3.05) is 18.5 Å². The Balaban J connectivity index is 2.64. The normalized spacial score (nSPS) is 11.5. The van der Waals surface area contributed by atoms with Crippen LogP contribution >= 0.6 is 0 Å². The Bertz CT molecular complexity index is 398. The molecule has 1 aromatic rings. The maximum Gasteiger partial charge on any atom is 0.252 e. The Labute approximate surface area is 95.3 Å². The molecule has 0 aliphatic carbocycles. The van der Waals surface area contributed by atoms with Gasteiger partial charge in [-0.15, -0.1) is 0 Å². The van der Waals surface area contributed by atoms with Crippen molar-refractivity contribution in [2.45, 2.75) is 33.3 Å². The predicted octanol–water partition coefficient (Wildman–Crippen LogP) is 1.31. The van der Waals surface area contributed by atoms with Crippen LogP contribution in [-0.2, 0) is 4.74 Å². The average Bonchev–Trinajstić information content (AvgIpc) is 2.13. The summed E-state index contributed by atoms with van der Waals surface area (Å²) in [6, 6.07) is 1.44. The smallest absolute Gasteiger partial charge is 0.252 e. The second kappa shape index (κ2) is 5.12. The molecule has 5 heteroatoms. The highest BCUT2D eigenvalue weighted by Crippen LogP contribution is 2.10. The first-order valence-corrected chi connectivity index (χ1v) is 5.39. The summed E-state index contributed by atoms with van der Waals surface area (Å²) in [5.41, 5.74) is -0.420. The van der Waals surface area contributed by atoms with Crippen molar-refractivity contribution < 1.29 is 4.74 Å². The first-order valence-electron chi connectivity index (χ1n) is 5.39. The number of H-pyrrole nitrogens is 1. The van der Waals surface area contributed by atoms with Gasteiger partial charge in [0.15, 0.2) is 0 Å². The van der Waals surface area contributed by atoms with Gasteiger partial charge in [0.1, 0.15) is 11.6 Å². The lowest BCUT2D eigenvalue weighted by atomic mass is 10.1. The van der Waals surface area contributed by atoms with Crippen LogP contribution in [0, 0.1) is 6.92 Å². The molecule has 1 heterocycles. The van der Waals surface area contributed by atoms with Crippen LogP contribution in [0.15, 0.2) is 10.9 Å². The van der Waals surface area contributed by atoms with Crippen LogP contribution in [-0.4, -0.2) is 28.7 Å². The molecule has 0 unspecified atom stereocenters. The van der Waals surface area contributed by atoms with Crippen molar-refractivity contribution in [2.24, 2.45) is 0 Å². The number of anilines is 1. The highest BCUT2D eigenvalue weighted by molar-refractivity contribution is 5.33. The van der Waals surface area contributed by atoms with Crippen molar-refractivity contribution in [3.05, 3.63) is 22.2 Å². The number of ether oxygens (including phenoxy) is 1. The Morgan fingerprint density at radius 1 is 1.56 bits per heavy atom. The highest BCUT2D eigenvalue weighted by atomic mass is 16.5. The van der Waals surface area contributed by atoms with E-state index in [1.165, 1.54) is 6.07 Å². The van der Waals surface area contributed by atoms with E-state index >= 15 is 0 Å². The molecule has 5 nitrogen and oxygen atoms in total. The van der Waals surface area contributed by atoms with E-state index in [9.17, 15) is 4.79 Å². The van der Waals surface area contributed by atoms with Crippen LogP contribution in [0.5, 0.6) is 0 Å². The van der Waals surface area contributed by atoms with E-state index in [1.807, 2.05) is 20.8 Å². The van der Waals surface area contributed by atoms with Gasteiger partial charge in [0.2, 0.25) is 0 Å². The fourth-order valence-corrected chi connectivity index (χ4v) is 1.42. The van der Waals surface area contributed by atoms with E-state index in [1.54, 1.807) is 6.92 Å². The van der Waals surface area contributed by atoms with Crippen molar-refractivity contribution in [1.82, 2.24) is 9.97 Å². The average molecular weight is 225 g/mol. The summed E-state index contributed by atoms with van der Waals surface area (Å²) < 4.78 is 5.54. The van der Waals surface area contributed by atoms with Crippen LogP contribution in [0.25, 0.3) is 0 Å². The Morgan fingerprint density at radius 3 is 2.81 bits per heavy atom. The summed E-state index contributed by atoms with van der Waals surface area (Å²) >= 11 is 0. The molecule has 16 heavy (non-hydrogen) atoms. The van der Waals surface area contributed by atoms with E-state index in [-0.39, 0.29) is 11.2 Å². The van der Waals surface area contributed by atoms with Crippen LogP contribution in [0.1, 0.15) is 26.6 Å². The van der Waals surface area contributed by atoms with Gasteiger partial charge in [-0.05, 0) is 27.7 Å². The highest BCUT2D eigenvalue weighted by Gasteiger charge is 2.17. The number of aromatic amines is 1. The first kappa shape index (κ1) is 12.7. The molecule has 0 bridgehead atoms. The van der Waals surface area contributed by atoms with Gasteiger partial charge >= 0.3 is 0 Å². The summed E-state index contributed by atoms with van der Waals surface area (Å²) in [5.74, 6) is 1.18. The third-order valence-electron chi connectivity index (χ3n) is 2.09. The molecule has 2 N–H and O–H groups in total. The van der Waals surface area contributed by atoms with Gasteiger partial charge < -0.3 is 15.0 Å². The summed E-state index contributed by atoms with van der Waals surface area (Å²) in [4.78, 5) is 18.0. The largest absolute Gasteiger partial charge is 0.374 e. The Hall–Kier alpha value is -1.36. The number of nitrogens with one attached hydrogen (secondary N) is 2. The molecule has 1 aromatic heterocycles. The lowest BCUT2D eigenvalue weighted by molar-refractivity contribution is 0.000636. The van der Waals surface area contributed by atoms with Crippen molar-refractivity contribution in [1.29, 1.82) is 0 Å². The zero-order chi connectivity index (χ0) is 12.2. The number of aryl methyl sites for hydroxylation is 1. The maximum absolute atomic E-state index is 11.2. The zero-order valence-corrected chi connectivity index (χ0v) is 10.3. The van der Waals surface area contributed by atoms with Crippen molar-refractivity contribution in [3.63, 3.8) is 0 Å². The number of nitrogens with zero attached hydrogens (tertiary/aromatic N) is 1. The van der Waals surface area contributed by atoms with Gasteiger partial charge in [-0.3, -0.25) is 4.79 Å². The van der Waals surface area contributed by atoms with Gasteiger partial charge in [-0.1, -0.05) is 0 Å². The minimum absolute atomic E-state index is 0.149. The summed E-state index contributed by atoms with van der Waals surface area (Å²) in [7, 11) is 0. The summed E-state index contributed by atoms with van der Waals surface area (Å²) in [6.45, 7) is 8.96. The molecule has 0 aliphatic heterocycles. The van der Waals surface area contributed by atoms with E-state index in [2.05, 4.69) is 15.3 Å². The summed E-state index contributed by atoms with van der Waals surface area (Å²) in [6.07, 6.45) is 0. The third-order valence-corrected chi connectivity index (χ3v) is 2.09. The molecule has 0 aliphatic rings. The molecule has 1 rings (SSSR count). The summed E-state index contributed by atoms with van der Waals surface area (Å²) in [5, 5.41) is 3.10. The van der Waals surface area contributed by atoms with Crippen LogP contribution < -0.4 is 10.9 Å². The van der Waals surface area contributed by atoms with Crippen molar-refractivity contribution in [3.8, 4) is 0 Å². The lowest BCUT2D eigenvalue weighted by Crippen LogP contribution is -2.34. The van der Waals surface area contributed by atoms with E-state index in [0.717, 1.165) is 0 Å². The number of rotatable bonds is 5. The SMILES string of the molecule is CCOC(C)(C)CNc1cc(=O)[nH]c(C)n1. The van der Waals surface area contributed by atoms with Gasteiger partial charge in [-0.25, -0.2) is 4.98 Å². The number of aromatic nitrogens is 2. The molecule has 0 fully saturated rings. The van der Waals surface area contributed by atoms with Crippen LogP contribution in [0.4, 0.5) is 5.82 Å². The molecule has 0 aromatic carbocycles. The monoisotopic (exact) mass is 225 g/mol. The Morgan fingerprint density at radius 2 is 2.25 bits per heavy atom. The lowest BCUT2D eigenvalue weighted by Gasteiger charge is -2.25. The molecule has 0 saturated carbocycles. The van der Waals surface area contributed by atoms with Gasteiger partial charge in [0, 0.05) is 19.2 Å². The Kier molecular flexibility index (Phi) is 4.06. The number of hydrogen-bond acceptors (Lipinski definition) is 4. The number of hydrogen-bond donors (Lipinski definition) is 2. The molecule has 0 atom stereocenters. The van der Waals surface area contributed by atoms with Gasteiger partial charge in [0.25, 0.3) is 5.56 Å². The molecular formula is C11H19N3O2. The first-order chi connectivity index (χ1) is 7.43. The second-order valence-electron chi connectivity index (χ2n) is 4.26. The third kappa shape index (κ3) is 4.02. The molecule has 0 spiro atoms. The molecule has 90 valence electrons. The molecule has 0 amide bonds. The topological polar surface area (TPSA) is 67.0 Å². The molecular weight excluding hydrogens is 206 g/mol. The fourth-order valence-electron chi connectivity index (χ4n) is 1.42. The van der Waals surface area contributed by atoms with Crippen LogP contribution in [0.2, 0.25) is 0 Å². The quantitative estimate of drug-likeness (QED) is 0.792. The van der Waals surface area contributed by atoms with Crippen molar-refractivity contribution >= 4 is 5.82 Å². The molecule has 0 radical (unpaired) electrons. The molecule has 0 saturated heterocycles. The van der Waals surface area contributed by atoms with E-state index in [4.69, 9.17) is 4.74 Å². The van der Waals surface area contributed by atoms with Gasteiger partial charge in [-0.2, -0.15) is 0 Å². The second-order valence-corrected chi connectivity index (χ2v) is 4.26. The standard InChI is InChI=1S/C11H19N3O2/c1-5-16-11(3,4)7-12-9-6-10(15)14-8(2)13-9/h6H,5,7H2,1-4H3,(H2,12,13,14,15).